The first kappa shape index (κ1) is 12.2. The molecule has 5 heteroatoms. The van der Waals surface area contributed by atoms with Crippen molar-refractivity contribution >= 4 is 11.8 Å². The van der Waals surface area contributed by atoms with Crippen molar-refractivity contribution in [3.8, 4) is 5.75 Å². The van der Waals surface area contributed by atoms with Crippen molar-refractivity contribution in [3.63, 3.8) is 0 Å². The summed E-state index contributed by atoms with van der Waals surface area (Å²) in [6.45, 7) is 0. The van der Waals surface area contributed by atoms with Gasteiger partial charge < -0.3 is 9.47 Å². The van der Waals surface area contributed by atoms with Crippen LogP contribution >= 0.6 is 0 Å². The summed E-state index contributed by atoms with van der Waals surface area (Å²) in [5.41, 5.74) is 0.0351. The second-order valence-corrected chi connectivity index (χ2v) is 3.00. The summed E-state index contributed by atoms with van der Waals surface area (Å²) >= 11 is 0. The van der Waals surface area contributed by atoms with Gasteiger partial charge in [0.2, 0.25) is 0 Å². The summed E-state index contributed by atoms with van der Waals surface area (Å²) in [6.07, 6.45) is -0.434. The number of hydrogen-bond acceptors (Lipinski definition) is 4. The van der Waals surface area contributed by atoms with E-state index in [4.69, 9.17) is 4.74 Å². The predicted octanol–water partition coefficient (Wildman–Crippen LogP) is 1.58. The molecule has 0 spiro atoms. The lowest BCUT2D eigenvalue weighted by Crippen LogP contribution is -2.11. The summed E-state index contributed by atoms with van der Waals surface area (Å²) in [6, 6.07) is 3.95. The van der Waals surface area contributed by atoms with E-state index < -0.39 is 24.0 Å². The van der Waals surface area contributed by atoms with E-state index in [9.17, 15) is 14.0 Å². The molecule has 4 nitrogen and oxygen atoms in total. The molecule has 0 aromatic heterocycles. The largest absolute Gasteiger partial charge is 0.493 e. The number of Topliss-reactive ketones (excluding diaryl/α,β-unsaturated/α-hetero) is 1. The Hall–Kier alpha value is -1.91. The molecule has 0 N–H and O–H groups in total. The smallest absolute Gasteiger partial charge is 0.313 e. The van der Waals surface area contributed by atoms with E-state index in [0.29, 0.717) is 0 Å². The second-order valence-electron chi connectivity index (χ2n) is 3.00. The Balaban J connectivity index is 2.99. The van der Waals surface area contributed by atoms with Crippen LogP contribution in [0.5, 0.6) is 5.75 Å². The van der Waals surface area contributed by atoms with Gasteiger partial charge in [-0.25, -0.2) is 4.39 Å². The average molecular weight is 226 g/mol. The van der Waals surface area contributed by atoms with Gasteiger partial charge in [0.1, 0.15) is 6.42 Å². The number of rotatable bonds is 4. The molecule has 0 heterocycles. The fraction of sp³-hybridized carbons (Fsp3) is 0.273. The maximum Gasteiger partial charge on any atom is 0.313 e. The molecule has 0 atom stereocenters. The van der Waals surface area contributed by atoms with Gasteiger partial charge in [0, 0.05) is 0 Å². The fourth-order valence-electron chi connectivity index (χ4n) is 1.23. The minimum Gasteiger partial charge on any atom is -0.493 e. The number of methoxy groups -OCH3 is 2. The molecule has 86 valence electrons. The van der Waals surface area contributed by atoms with Crippen molar-refractivity contribution in [1.82, 2.24) is 0 Å². The highest BCUT2D eigenvalue weighted by molar-refractivity contribution is 6.07. The minimum absolute atomic E-state index is 0.0351. The van der Waals surface area contributed by atoms with Crippen molar-refractivity contribution in [2.45, 2.75) is 6.42 Å². The number of carbonyl (C=O) groups is 2. The molecule has 0 radical (unpaired) electrons. The van der Waals surface area contributed by atoms with E-state index in [0.717, 1.165) is 0 Å². The van der Waals surface area contributed by atoms with Gasteiger partial charge in [-0.2, -0.15) is 0 Å². The molecule has 0 aliphatic carbocycles. The van der Waals surface area contributed by atoms with E-state index in [-0.39, 0.29) is 11.3 Å². The van der Waals surface area contributed by atoms with Crippen LogP contribution < -0.4 is 4.74 Å². The molecule has 16 heavy (non-hydrogen) atoms. The van der Waals surface area contributed by atoms with Gasteiger partial charge in [0.05, 0.1) is 19.8 Å². The van der Waals surface area contributed by atoms with Gasteiger partial charge in [-0.05, 0) is 12.1 Å². The van der Waals surface area contributed by atoms with Crippen molar-refractivity contribution in [1.29, 1.82) is 0 Å². The van der Waals surface area contributed by atoms with Crippen molar-refractivity contribution in [2.75, 3.05) is 14.2 Å². The minimum atomic E-state index is -0.670. The van der Waals surface area contributed by atoms with Crippen LogP contribution in [0, 0.1) is 5.82 Å². The zero-order valence-electron chi connectivity index (χ0n) is 8.95. The lowest BCUT2D eigenvalue weighted by atomic mass is 10.1. The molecular formula is C11H11FO4. The van der Waals surface area contributed by atoms with Gasteiger partial charge in [0.25, 0.3) is 0 Å². The highest BCUT2D eigenvalue weighted by Crippen LogP contribution is 2.23. The van der Waals surface area contributed by atoms with E-state index in [1.54, 1.807) is 0 Å². The van der Waals surface area contributed by atoms with Gasteiger partial charge in [-0.1, -0.05) is 6.07 Å². The summed E-state index contributed by atoms with van der Waals surface area (Å²) < 4.78 is 22.4. The first-order valence-corrected chi connectivity index (χ1v) is 4.52. The van der Waals surface area contributed by atoms with Crippen LogP contribution in [0.2, 0.25) is 0 Å². The summed E-state index contributed by atoms with van der Waals surface area (Å²) in [5.74, 6) is -2.01. The zero-order valence-corrected chi connectivity index (χ0v) is 8.95. The lowest BCUT2D eigenvalue weighted by Gasteiger charge is -2.07. The highest BCUT2D eigenvalue weighted by atomic mass is 19.1. The number of para-hydroxylation sites is 1. The molecule has 0 bridgehead atoms. The van der Waals surface area contributed by atoms with Crippen LogP contribution in [0.25, 0.3) is 0 Å². The number of esters is 1. The highest BCUT2D eigenvalue weighted by Gasteiger charge is 2.18. The molecule has 0 amide bonds. The first-order valence-electron chi connectivity index (χ1n) is 4.52. The van der Waals surface area contributed by atoms with E-state index >= 15 is 0 Å². The quantitative estimate of drug-likeness (QED) is 0.444. The number of ether oxygens (including phenoxy) is 2. The van der Waals surface area contributed by atoms with Crippen LogP contribution in [-0.4, -0.2) is 26.0 Å². The average Bonchev–Trinajstić information content (AvgIpc) is 2.28. The van der Waals surface area contributed by atoms with Crippen molar-refractivity contribution in [3.05, 3.63) is 29.6 Å². The Morgan fingerprint density at radius 1 is 1.31 bits per heavy atom. The van der Waals surface area contributed by atoms with Crippen LogP contribution in [0.3, 0.4) is 0 Å². The molecule has 0 unspecified atom stereocenters. The van der Waals surface area contributed by atoms with E-state index in [1.807, 2.05) is 0 Å². The van der Waals surface area contributed by atoms with Crippen LogP contribution in [0.1, 0.15) is 16.8 Å². The molecular weight excluding hydrogens is 215 g/mol. The molecule has 0 saturated heterocycles. The number of carbonyl (C=O) groups excluding carboxylic acids is 2. The molecule has 0 fully saturated rings. The van der Waals surface area contributed by atoms with Gasteiger partial charge in [-0.3, -0.25) is 9.59 Å². The SMILES string of the molecule is COC(=O)CC(=O)c1cccc(F)c1OC. The third-order valence-corrected chi connectivity index (χ3v) is 2.00. The second kappa shape index (κ2) is 5.25. The molecule has 1 rings (SSSR count). The fourth-order valence-corrected chi connectivity index (χ4v) is 1.23. The molecule has 0 saturated carbocycles. The van der Waals surface area contributed by atoms with Crippen LogP contribution in [0.4, 0.5) is 4.39 Å². The number of ketones is 1. The summed E-state index contributed by atoms with van der Waals surface area (Å²) in [7, 11) is 2.44. The van der Waals surface area contributed by atoms with Gasteiger partial charge >= 0.3 is 5.97 Å². The summed E-state index contributed by atoms with van der Waals surface area (Å²) in [5, 5.41) is 0. The molecule has 0 aliphatic rings. The standard InChI is InChI=1S/C11H11FO4/c1-15-10(14)6-9(13)7-4-3-5-8(12)11(7)16-2/h3-5H,6H2,1-2H3. The third-order valence-electron chi connectivity index (χ3n) is 2.00. The normalized spacial score (nSPS) is 9.69. The Labute approximate surface area is 92.0 Å². The maximum absolute atomic E-state index is 13.2. The van der Waals surface area contributed by atoms with Gasteiger partial charge in [-0.15, -0.1) is 0 Å². The van der Waals surface area contributed by atoms with E-state index in [1.165, 1.54) is 32.4 Å². The topological polar surface area (TPSA) is 52.6 Å². The molecule has 1 aromatic rings. The Bertz CT molecular complexity index is 414. The van der Waals surface area contributed by atoms with Gasteiger partial charge in [0.15, 0.2) is 17.3 Å². The molecule has 0 aliphatic heterocycles. The Morgan fingerprint density at radius 3 is 2.56 bits per heavy atom. The Morgan fingerprint density at radius 2 is 2.00 bits per heavy atom. The third kappa shape index (κ3) is 2.56. The number of benzene rings is 1. The number of hydrogen-bond donors (Lipinski definition) is 0. The van der Waals surface area contributed by atoms with E-state index in [2.05, 4.69) is 4.74 Å². The Kier molecular flexibility index (Phi) is 3.99. The summed E-state index contributed by atoms with van der Waals surface area (Å²) in [4.78, 5) is 22.5. The van der Waals surface area contributed by atoms with Crippen LogP contribution in [0.15, 0.2) is 18.2 Å². The van der Waals surface area contributed by atoms with Crippen LogP contribution in [-0.2, 0) is 9.53 Å². The lowest BCUT2D eigenvalue weighted by molar-refractivity contribution is -0.139. The van der Waals surface area contributed by atoms with Crippen molar-refractivity contribution < 1.29 is 23.5 Å². The molecule has 1 aromatic carbocycles. The number of halogens is 1. The monoisotopic (exact) mass is 226 g/mol. The maximum atomic E-state index is 13.2. The first-order chi connectivity index (χ1) is 7.60. The predicted molar refractivity (Wildman–Crippen MR) is 53.9 cm³/mol. The van der Waals surface area contributed by atoms with Crippen molar-refractivity contribution in [2.24, 2.45) is 0 Å². The zero-order chi connectivity index (χ0) is 12.1.